The van der Waals surface area contributed by atoms with E-state index in [0.29, 0.717) is 0 Å². The minimum Gasteiger partial charge on any atom is -0.212 e. The molecule has 1 aromatic rings. The highest BCUT2D eigenvalue weighted by molar-refractivity contribution is 7.89. The van der Waals surface area contributed by atoms with Gasteiger partial charge in [0.15, 0.2) is 11.5 Å². The van der Waals surface area contributed by atoms with Crippen LogP contribution in [0.4, 0.5) is 26.3 Å². The van der Waals surface area contributed by atoms with E-state index in [9.17, 15) is 43.2 Å². The molecule has 2 N–H and O–H groups in total. The van der Waals surface area contributed by atoms with Gasteiger partial charge in [0.2, 0.25) is 20.0 Å². The third kappa shape index (κ3) is 9.94. The van der Waals surface area contributed by atoms with Crippen LogP contribution in [0.1, 0.15) is 11.1 Å². The topological polar surface area (TPSA) is 92.3 Å². The van der Waals surface area contributed by atoms with E-state index in [1.807, 2.05) is 0 Å². The molecule has 26 heavy (non-hydrogen) atoms. The van der Waals surface area contributed by atoms with Crippen LogP contribution in [0.25, 0.3) is 0 Å². The zero-order valence-electron chi connectivity index (χ0n) is 12.9. The number of nitrogens with one attached hydrogen (secondary N) is 2. The number of rotatable bonds is 8. The molecule has 0 saturated heterocycles. The van der Waals surface area contributed by atoms with Crippen molar-refractivity contribution in [2.24, 2.45) is 0 Å². The Morgan fingerprint density at radius 2 is 1.08 bits per heavy atom. The predicted octanol–water partition coefficient (Wildman–Crippen LogP) is 1.65. The summed E-state index contributed by atoms with van der Waals surface area (Å²) in [6.07, 6.45) is -9.82. The fourth-order valence-corrected chi connectivity index (χ4v) is 3.61. The maximum absolute atomic E-state index is 12.1. The van der Waals surface area contributed by atoms with Crippen LogP contribution in [0.15, 0.2) is 24.3 Å². The van der Waals surface area contributed by atoms with Gasteiger partial charge in [-0.2, -0.15) is 26.3 Å². The Hall–Kier alpha value is -1.38. The molecule has 0 atom stereocenters. The standard InChI is InChI=1S/C12H14F6N2O4S2/c13-11(14,15)7-25(21,22)19-5-9-2-1-3-10(4-9)6-20-26(23,24)8-12(16,17)18/h1-4,19-20H,5-8H2. The smallest absolute Gasteiger partial charge is 0.212 e. The molecule has 1 rings (SSSR count). The Morgan fingerprint density at radius 3 is 1.38 bits per heavy atom. The first-order chi connectivity index (χ1) is 11.6. The summed E-state index contributed by atoms with van der Waals surface area (Å²) in [7, 11) is -9.24. The van der Waals surface area contributed by atoms with Gasteiger partial charge in [0, 0.05) is 13.1 Å². The lowest BCUT2D eigenvalue weighted by atomic mass is 10.1. The monoisotopic (exact) mass is 428 g/mol. The van der Waals surface area contributed by atoms with E-state index in [1.165, 1.54) is 24.3 Å². The summed E-state index contributed by atoms with van der Waals surface area (Å²) in [6, 6.07) is 5.29. The number of halogens is 6. The van der Waals surface area contributed by atoms with E-state index in [0.717, 1.165) is 0 Å². The fraction of sp³-hybridized carbons (Fsp3) is 0.500. The largest absolute Gasteiger partial charge is 0.404 e. The highest BCUT2D eigenvalue weighted by atomic mass is 32.2. The van der Waals surface area contributed by atoms with E-state index in [4.69, 9.17) is 0 Å². The minimum absolute atomic E-state index is 0.197. The molecule has 0 aliphatic heterocycles. The molecule has 0 heterocycles. The molecule has 6 nitrogen and oxygen atoms in total. The van der Waals surface area contributed by atoms with E-state index in [1.54, 1.807) is 9.44 Å². The van der Waals surface area contributed by atoms with Crippen LogP contribution < -0.4 is 9.44 Å². The van der Waals surface area contributed by atoms with Crippen LogP contribution in [-0.2, 0) is 33.1 Å². The number of sulfonamides is 2. The van der Waals surface area contributed by atoms with E-state index < -0.39 is 57.0 Å². The molecular formula is C12H14F6N2O4S2. The third-order valence-electron chi connectivity index (χ3n) is 2.69. The Morgan fingerprint density at radius 1 is 0.731 bits per heavy atom. The van der Waals surface area contributed by atoms with Gasteiger partial charge < -0.3 is 0 Å². The van der Waals surface area contributed by atoms with Gasteiger partial charge in [-0.1, -0.05) is 24.3 Å². The molecular weight excluding hydrogens is 414 g/mol. The zero-order valence-corrected chi connectivity index (χ0v) is 14.5. The highest BCUT2D eigenvalue weighted by Gasteiger charge is 2.35. The van der Waals surface area contributed by atoms with Crippen molar-refractivity contribution in [1.82, 2.24) is 9.44 Å². The Balaban J connectivity index is 2.69. The van der Waals surface area contributed by atoms with E-state index >= 15 is 0 Å². The summed E-state index contributed by atoms with van der Waals surface area (Å²) in [6.45, 7) is -0.997. The number of hydrogen-bond donors (Lipinski definition) is 2. The van der Waals surface area contributed by atoms with Gasteiger partial charge >= 0.3 is 12.4 Å². The molecule has 0 aliphatic rings. The normalized spacial score (nSPS) is 13.8. The molecule has 0 unspecified atom stereocenters. The first-order valence-electron chi connectivity index (χ1n) is 6.73. The summed E-state index contributed by atoms with van der Waals surface area (Å²) in [5, 5.41) is 0. The molecule has 150 valence electrons. The number of hydrogen-bond acceptors (Lipinski definition) is 4. The van der Waals surface area contributed by atoms with E-state index in [2.05, 4.69) is 0 Å². The molecule has 0 fully saturated rings. The molecule has 0 bridgehead atoms. The lowest BCUT2D eigenvalue weighted by Crippen LogP contribution is -2.33. The predicted molar refractivity (Wildman–Crippen MR) is 79.8 cm³/mol. The number of benzene rings is 1. The van der Waals surface area contributed by atoms with Crippen molar-refractivity contribution in [1.29, 1.82) is 0 Å². The van der Waals surface area contributed by atoms with E-state index in [-0.39, 0.29) is 11.1 Å². The average Bonchev–Trinajstić information content (AvgIpc) is 2.39. The van der Waals surface area contributed by atoms with Crippen molar-refractivity contribution < 1.29 is 43.2 Å². The lowest BCUT2D eigenvalue weighted by molar-refractivity contribution is -0.107. The molecule has 0 radical (unpaired) electrons. The minimum atomic E-state index is -4.91. The summed E-state index contributed by atoms with van der Waals surface area (Å²) < 4.78 is 121. The lowest BCUT2D eigenvalue weighted by Gasteiger charge is -2.11. The van der Waals surface area contributed by atoms with Gasteiger partial charge in [0.25, 0.3) is 0 Å². The van der Waals surface area contributed by atoms with Crippen LogP contribution >= 0.6 is 0 Å². The van der Waals surface area contributed by atoms with Crippen molar-refractivity contribution in [2.45, 2.75) is 25.4 Å². The van der Waals surface area contributed by atoms with Crippen molar-refractivity contribution >= 4 is 20.0 Å². The average molecular weight is 428 g/mol. The SMILES string of the molecule is O=S(=O)(CC(F)(F)F)NCc1cccc(CNS(=O)(=O)CC(F)(F)F)c1. The molecule has 0 spiro atoms. The van der Waals surface area contributed by atoms with Gasteiger partial charge in [-0.25, -0.2) is 26.3 Å². The number of alkyl halides is 6. The van der Waals surface area contributed by atoms with Crippen molar-refractivity contribution in [2.75, 3.05) is 11.5 Å². The van der Waals surface area contributed by atoms with Crippen molar-refractivity contribution in [3.8, 4) is 0 Å². The molecule has 1 aromatic carbocycles. The Bertz CT molecular complexity index is 754. The van der Waals surface area contributed by atoms with Crippen LogP contribution in [0.2, 0.25) is 0 Å². The van der Waals surface area contributed by atoms with Gasteiger partial charge in [-0.15, -0.1) is 0 Å². The van der Waals surface area contributed by atoms with Gasteiger partial charge in [0.05, 0.1) is 0 Å². The fourth-order valence-electron chi connectivity index (χ4n) is 1.77. The third-order valence-corrected chi connectivity index (χ3v) is 5.27. The second kappa shape index (κ2) is 8.10. The van der Waals surface area contributed by atoms with Gasteiger partial charge in [-0.05, 0) is 11.1 Å². The molecule has 0 aliphatic carbocycles. The summed E-state index contributed by atoms with van der Waals surface area (Å²) in [5.41, 5.74) is 0.395. The van der Waals surface area contributed by atoms with Crippen LogP contribution in [0.3, 0.4) is 0 Å². The summed E-state index contributed by atoms with van der Waals surface area (Å²) in [5.74, 6) is -4.12. The first kappa shape index (κ1) is 22.7. The summed E-state index contributed by atoms with van der Waals surface area (Å²) in [4.78, 5) is 0. The van der Waals surface area contributed by atoms with Gasteiger partial charge in [-0.3, -0.25) is 0 Å². The quantitative estimate of drug-likeness (QED) is 0.616. The van der Waals surface area contributed by atoms with Gasteiger partial charge in [0.1, 0.15) is 0 Å². The second-order valence-electron chi connectivity index (χ2n) is 5.21. The zero-order chi connectivity index (χ0) is 20.2. The maximum atomic E-state index is 12.1. The second-order valence-corrected chi connectivity index (χ2v) is 8.82. The van der Waals surface area contributed by atoms with Crippen molar-refractivity contribution in [3.63, 3.8) is 0 Å². The van der Waals surface area contributed by atoms with Crippen LogP contribution in [-0.4, -0.2) is 40.7 Å². The molecule has 0 aromatic heterocycles. The van der Waals surface area contributed by atoms with Crippen LogP contribution in [0.5, 0.6) is 0 Å². The summed E-state index contributed by atoms with van der Waals surface area (Å²) >= 11 is 0. The first-order valence-corrected chi connectivity index (χ1v) is 10.0. The van der Waals surface area contributed by atoms with Crippen LogP contribution in [0, 0.1) is 0 Å². The Kier molecular flexibility index (Phi) is 7.06. The highest BCUT2D eigenvalue weighted by Crippen LogP contribution is 2.18. The molecule has 0 saturated carbocycles. The molecule has 0 amide bonds. The Labute approximate surface area is 145 Å². The maximum Gasteiger partial charge on any atom is 0.404 e. The van der Waals surface area contributed by atoms with Crippen molar-refractivity contribution in [3.05, 3.63) is 35.4 Å². The molecule has 14 heteroatoms.